The molecule has 4 rings (SSSR count). The molecule has 3 heterocycles. The summed E-state index contributed by atoms with van der Waals surface area (Å²) < 4.78 is 6.37. The summed E-state index contributed by atoms with van der Waals surface area (Å²) >= 11 is 3.44. The van der Waals surface area contributed by atoms with Crippen LogP contribution in [-0.2, 0) is 9.53 Å². The molecule has 7 nitrogen and oxygen atoms in total. The van der Waals surface area contributed by atoms with Crippen molar-refractivity contribution in [2.45, 2.75) is 18.5 Å². The molecule has 2 amide bonds. The van der Waals surface area contributed by atoms with Crippen LogP contribution in [0, 0.1) is 0 Å². The average molecular weight is 379 g/mol. The molecule has 8 heteroatoms. The van der Waals surface area contributed by atoms with E-state index in [9.17, 15) is 9.59 Å². The van der Waals surface area contributed by atoms with Crippen LogP contribution in [0.3, 0.4) is 0 Å². The highest BCUT2D eigenvalue weighted by Gasteiger charge is 2.39. The van der Waals surface area contributed by atoms with E-state index >= 15 is 0 Å². The van der Waals surface area contributed by atoms with Crippen LogP contribution in [0.1, 0.15) is 16.8 Å². The van der Waals surface area contributed by atoms with E-state index in [1.165, 1.54) is 0 Å². The maximum atomic E-state index is 13.2. The molecule has 1 aromatic heterocycles. The van der Waals surface area contributed by atoms with Crippen molar-refractivity contribution in [3.8, 4) is 0 Å². The molecular formula is C15H15BrN4O3. The van der Waals surface area contributed by atoms with Gasteiger partial charge in [0.1, 0.15) is 5.52 Å². The van der Waals surface area contributed by atoms with Crippen LogP contribution >= 0.6 is 15.9 Å². The molecule has 0 spiro atoms. The Morgan fingerprint density at radius 2 is 2.17 bits per heavy atom. The molecule has 2 N–H and O–H groups in total. The van der Waals surface area contributed by atoms with Gasteiger partial charge in [-0.25, -0.2) is 4.98 Å². The molecule has 2 fully saturated rings. The number of ether oxygens (including phenoxy) is 1. The summed E-state index contributed by atoms with van der Waals surface area (Å²) in [7, 11) is 0. The highest BCUT2D eigenvalue weighted by atomic mass is 79.9. The second kappa shape index (κ2) is 5.61. The Labute approximate surface area is 140 Å². The summed E-state index contributed by atoms with van der Waals surface area (Å²) in [6, 6.07) is 3.27. The quantitative estimate of drug-likeness (QED) is 0.776. The highest BCUT2D eigenvalue weighted by molar-refractivity contribution is 9.10. The zero-order valence-corrected chi connectivity index (χ0v) is 13.8. The first-order chi connectivity index (χ1) is 11.1. The van der Waals surface area contributed by atoms with E-state index in [1.807, 2.05) is 6.07 Å². The van der Waals surface area contributed by atoms with Crippen LogP contribution in [0.2, 0.25) is 0 Å². The standard InChI is InChI=1S/C15H15BrN4O3/c16-8-1-11(14-12(2-8)18-7-19-14)15(22)20-9-3-13(21)17-4-10(20)6-23-5-9/h1-2,7,9-10H,3-6H2,(H,17,21)(H,18,19). The summed E-state index contributed by atoms with van der Waals surface area (Å²) in [5.74, 6) is -0.154. The van der Waals surface area contributed by atoms with E-state index in [0.29, 0.717) is 30.8 Å². The minimum atomic E-state index is -0.239. The zero-order chi connectivity index (χ0) is 16.0. The van der Waals surface area contributed by atoms with Crippen molar-refractivity contribution >= 4 is 38.8 Å². The maximum Gasteiger partial charge on any atom is 0.256 e. The molecule has 2 aromatic rings. The Morgan fingerprint density at radius 3 is 3.04 bits per heavy atom. The van der Waals surface area contributed by atoms with Crippen molar-refractivity contribution in [1.29, 1.82) is 0 Å². The van der Waals surface area contributed by atoms with Crippen LogP contribution in [0.15, 0.2) is 22.9 Å². The van der Waals surface area contributed by atoms with E-state index in [0.717, 1.165) is 9.99 Å². The number of hydrogen-bond donors (Lipinski definition) is 2. The first-order valence-corrected chi connectivity index (χ1v) is 8.22. The second-order valence-electron chi connectivity index (χ2n) is 5.82. The summed E-state index contributed by atoms with van der Waals surface area (Å²) in [4.78, 5) is 34.1. The average Bonchev–Trinajstić information content (AvgIpc) is 2.96. The van der Waals surface area contributed by atoms with Crippen LogP contribution in [0.25, 0.3) is 11.0 Å². The van der Waals surface area contributed by atoms with Crippen molar-refractivity contribution in [1.82, 2.24) is 20.2 Å². The number of aromatic nitrogens is 2. The van der Waals surface area contributed by atoms with Gasteiger partial charge in [0.25, 0.3) is 5.91 Å². The van der Waals surface area contributed by atoms with E-state index in [1.54, 1.807) is 17.3 Å². The smallest absolute Gasteiger partial charge is 0.256 e. The van der Waals surface area contributed by atoms with Gasteiger partial charge in [-0.1, -0.05) is 15.9 Å². The number of H-pyrrole nitrogens is 1. The van der Waals surface area contributed by atoms with Gasteiger partial charge in [-0.05, 0) is 12.1 Å². The Bertz CT molecular complexity index is 790. The van der Waals surface area contributed by atoms with Gasteiger partial charge in [0.2, 0.25) is 5.91 Å². The number of fused-ring (bicyclic) bond motifs is 3. The highest BCUT2D eigenvalue weighted by Crippen LogP contribution is 2.27. The lowest BCUT2D eigenvalue weighted by molar-refractivity contribution is -0.121. The minimum Gasteiger partial charge on any atom is -0.377 e. The first-order valence-electron chi connectivity index (χ1n) is 7.43. The Hall–Kier alpha value is -1.93. The Balaban J connectivity index is 1.77. The molecule has 2 saturated heterocycles. The number of imidazole rings is 1. The number of morpholine rings is 1. The van der Waals surface area contributed by atoms with E-state index in [2.05, 4.69) is 31.2 Å². The van der Waals surface area contributed by atoms with Gasteiger partial charge >= 0.3 is 0 Å². The molecule has 0 saturated carbocycles. The van der Waals surface area contributed by atoms with E-state index < -0.39 is 0 Å². The lowest BCUT2D eigenvalue weighted by atomic mass is 10.1. The molecule has 120 valence electrons. The molecule has 2 aliphatic heterocycles. The minimum absolute atomic E-state index is 0.0417. The largest absolute Gasteiger partial charge is 0.377 e. The fourth-order valence-corrected chi connectivity index (χ4v) is 3.74. The van der Waals surface area contributed by atoms with Crippen molar-refractivity contribution in [2.24, 2.45) is 0 Å². The van der Waals surface area contributed by atoms with Gasteiger partial charge in [-0.3, -0.25) is 9.59 Å². The number of carbonyl (C=O) groups is 2. The molecule has 0 radical (unpaired) electrons. The number of carbonyl (C=O) groups excluding carboxylic acids is 2. The SMILES string of the molecule is O=C1CC2COCC(CN1)N2C(=O)c1cc(Br)cc2[nH]cnc12. The third-order valence-corrected chi connectivity index (χ3v) is 4.77. The molecule has 23 heavy (non-hydrogen) atoms. The number of amides is 2. The zero-order valence-electron chi connectivity index (χ0n) is 12.2. The predicted molar refractivity (Wildman–Crippen MR) is 86.0 cm³/mol. The molecule has 2 unspecified atom stereocenters. The van der Waals surface area contributed by atoms with Crippen molar-refractivity contribution < 1.29 is 14.3 Å². The number of nitrogens with one attached hydrogen (secondary N) is 2. The predicted octanol–water partition coefficient (Wildman–Crippen LogP) is 1.05. The molecule has 0 aliphatic carbocycles. The van der Waals surface area contributed by atoms with Crippen LogP contribution in [-0.4, -0.2) is 58.5 Å². The van der Waals surface area contributed by atoms with Gasteiger partial charge in [0.15, 0.2) is 0 Å². The van der Waals surface area contributed by atoms with Crippen LogP contribution in [0.5, 0.6) is 0 Å². The van der Waals surface area contributed by atoms with Gasteiger partial charge in [0, 0.05) is 17.4 Å². The van der Waals surface area contributed by atoms with Crippen molar-refractivity contribution in [3.63, 3.8) is 0 Å². The second-order valence-corrected chi connectivity index (χ2v) is 6.73. The van der Waals surface area contributed by atoms with Gasteiger partial charge in [-0.15, -0.1) is 0 Å². The summed E-state index contributed by atoms with van der Waals surface area (Å²) in [6.07, 6.45) is 1.84. The third kappa shape index (κ3) is 2.51. The topological polar surface area (TPSA) is 87.3 Å². The normalized spacial score (nSPS) is 24.4. The number of hydrogen-bond acceptors (Lipinski definition) is 4. The summed E-state index contributed by atoms with van der Waals surface area (Å²) in [5.41, 5.74) is 1.97. The summed E-state index contributed by atoms with van der Waals surface area (Å²) in [6.45, 7) is 1.23. The van der Waals surface area contributed by atoms with Gasteiger partial charge in [-0.2, -0.15) is 0 Å². The molecular weight excluding hydrogens is 364 g/mol. The monoisotopic (exact) mass is 378 g/mol. The van der Waals surface area contributed by atoms with Crippen molar-refractivity contribution in [3.05, 3.63) is 28.5 Å². The third-order valence-electron chi connectivity index (χ3n) is 4.32. The number of nitrogens with zero attached hydrogens (tertiary/aromatic N) is 2. The molecule has 2 bridgehead atoms. The number of benzene rings is 1. The maximum absolute atomic E-state index is 13.2. The lowest BCUT2D eigenvalue weighted by Gasteiger charge is -2.39. The number of aromatic amines is 1. The van der Waals surface area contributed by atoms with E-state index in [4.69, 9.17) is 4.74 Å². The molecule has 2 atom stereocenters. The van der Waals surface area contributed by atoms with E-state index in [-0.39, 0.29) is 30.3 Å². The lowest BCUT2D eigenvalue weighted by Crippen LogP contribution is -2.55. The Morgan fingerprint density at radius 1 is 1.35 bits per heavy atom. The van der Waals surface area contributed by atoms with Gasteiger partial charge < -0.3 is 19.9 Å². The summed E-state index contributed by atoms with van der Waals surface area (Å²) in [5, 5.41) is 2.85. The fraction of sp³-hybridized carbons (Fsp3) is 0.400. The molecule has 2 aliphatic rings. The van der Waals surface area contributed by atoms with Crippen molar-refractivity contribution in [2.75, 3.05) is 19.8 Å². The van der Waals surface area contributed by atoms with Crippen LogP contribution < -0.4 is 5.32 Å². The Kier molecular flexibility index (Phi) is 3.57. The fourth-order valence-electron chi connectivity index (χ4n) is 3.28. The number of rotatable bonds is 1. The molecule has 1 aromatic carbocycles. The van der Waals surface area contributed by atoms with Crippen LogP contribution in [0.4, 0.5) is 0 Å². The first kappa shape index (κ1) is 14.6. The number of halogens is 1. The van der Waals surface area contributed by atoms with Gasteiger partial charge in [0.05, 0.1) is 42.7 Å².